The highest BCUT2D eigenvalue weighted by Crippen LogP contribution is 2.41. The molecule has 3 N–H and O–H groups in total. The van der Waals surface area contributed by atoms with Crippen molar-refractivity contribution >= 4 is 45.4 Å². The molecule has 0 radical (unpaired) electrons. The number of ketones is 1. The van der Waals surface area contributed by atoms with E-state index in [-0.39, 0.29) is 15.4 Å². The highest BCUT2D eigenvalue weighted by molar-refractivity contribution is 7.19. The normalized spacial score (nSPS) is 10.5. The number of hydrogen-bond acceptors (Lipinski definition) is 5. The molecule has 7 heteroatoms. The molecule has 0 saturated heterocycles. The molecule has 0 unspecified atom stereocenters. The Balaban J connectivity index is 2.03. The number of anilines is 2. The third-order valence-corrected chi connectivity index (χ3v) is 5.03. The van der Waals surface area contributed by atoms with Gasteiger partial charge in [-0.1, -0.05) is 23.7 Å². The van der Waals surface area contributed by atoms with Crippen molar-refractivity contribution in [2.24, 2.45) is 0 Å². The molecule has 1 aromatic heterocycles. The first-order chi connectivity index (χ1) is 12.4. The van der Waals surface area contributed by atoms with Gasteiger partial charge >= 0.3 is 5.97 Å². The molecule has 26 heavy (non-hydrogen) atoms. The fourth-order valence-corrected chi connectivity index (χ4v) is 3.64. The SMILES string of the molecule is Cc1cccc(Nc2sc(C(=O)c3ccc(Cl)cc3)c(O)c2C(=O)O)c1. The minimum atomic E-state index is -1.32. The van der Waals surface area contributed by atoms with Crippen LogP contribution >= 0.6 is 22.9 Å². The van der Waals surface area contributed by atoms with Crippen LogP contribution in [0.2, 0.25) is 5.02 Å². The van der Waals surface area contributed by atoms with E-state index in [0.717, 1.165) is 16.9 Å². The van der Waals surface area contributed by atoms with Crippen molar-refractivity contribution in [3.05, 3.63) is 75.1 Å². The van der Waals surface area contributed by atoms with Gasteiger partial charge < -0.3 is 15.5 Å². The van der Waals surface area contributed by atoms with E-state index >= 15 is 0 Å². The molecule has 0 fully saturated rings. The summed E-state index contributed by atoms with van der Waals surface area (Å²) in [5, 5.41) is 23.4. The second kappa shape index (κ2) is 7.19. The summed E-state index contributed by atoms with van der Waals surface area (Å²) in [6.45, 7) is 1.91. The molecule has 0 amide bonds. The van der Waals surface area contributed by atoms with E-state index in [2.05, 4.69) is 5.32 Å². The number of halogens is 1. The lowest BCUT2D eigenvalue weighted by atomic mass is 10.1. The van der Waals surface area contributed by atoms with Crippen LogP contribution in [0.25, 0.3) is 0 Å². The number of carboxylic acids is 1. The standard InChI is InChI=1S/C19H14ClNO4S/c1-10-3-2-4-13(9-10)21-18-14(19(24)25)16(23)17(26-18)15(22)11-5-7-12(20)8-6-11/h2-9,21,23H,1H3,(H,24,25). The minimum absolute atomic E-state index is 0.0418. The van der Waals surface area contributed by atoms with Crippen molar-refractivity contribution in [3.8, 4) is 5.75 Å². The molecule has 0 atom stereocenters. The highest BCUT2D eigenvalue weighted by atomic mass is 35.5. The van der Waals surface area contributed by atoms with Crippen LogP contribution in [0.4, 0.5) is 10.7 Å². The average molecular weight is 388 g/mol. The fourth-order valence-electron chi connectivity index (χ4n) is 2.45. The first kappa shape index (κ1) is 18.0. The van der Waals surface area contributed by atoms with Gasteiger partial charge in [-0.25, -0.2) is 4.79 Å². The van der Waals surface area contributed by atoms with Gasteiger partial charge in [0.25, 0.3) is 0 Å². The van der Waals surface area contributed by atoms with Crippen LogP contribution in [0, 0.1) is 6.92 Å². The van der Waals surface area contributed by atoms with E-state index in [4.69, 9.17) is 11.6 Å². The molecule has 132 valence electrons. The summed E-state index contributed by atoms with van der Waals surface area (Å²) in [5.74, 6) is -2.33. The van der Waals surface area contributed by atoms with E-state index < -0.39 is 17.5 Å². The predicted octanol–water partition coefficient (Wildman–Crippen LogP) is 5.09. The third kappa shape index (κ3) is 3.56. The van der Waals surface area contributed by atoms with Crippen LogP contribution in [0.5, 0.6) is 5.75 Å². The number of thiophene rings is 1. The van der Waals surface area contributed by atoms with Crippen molar-refractivity contribution in [3.63, 3.8) is 0 Å². The zero-order chi connectivity index (χ0) is 18.8. The number of aryl methyl sites for hydroxylation is 1. The van der Waals surface area contributed by atoms with Crippen molar-refractivity contribution in [1.82, 2.24) is 0 Å². The summed E-state index contributed by atoms with van der Waals surface area (Å²) in [6.07, 6.45) is 0. The average Bonchev–Trinajstić information content (AvgIpc) is 2.91. The molecule has 2 aromatic carbocycles. The van der Waals surface area contributed by atoms with E-state index in [1.54, 1.807) is 18.2 Å². The summed E-state index contributed by atoms with van der Waals surface area (Å²) in [5.41, 5.74) is 1.64. The molecule has 0 spiro atoms. The van der Waals surface area contributed by atoms with E-state index in [9.17, 15) is 19.8 Å². The van der Waals surface area contributed by atoms with Gasteiger partial charge in [0.2, 0.25) is 5.78 Å². The summed E-state index contributed by atoms with van der Waals surface area (Å²) >= 11 is 6.72. The molecule has 1 heterocycles. The molecular weight excluding hydrogens is 374 g/mol. The molecule has 5 nitrogen and oxygen atoms in total. The second-order valence-corrected chi connectivity index (χ2v) is 7.08. The summed E-state index contributed by atoms with van der Waals surface area (Å²) in [4.78, 5) is 24.2. The second-order valence-electron chi connectivity index (χ2n) is 5.62. The lowest BCUT2D eigenvalue weighted by Crippen LogP contribution is -2.01. The van der Waals surface area contributed by atoms with Crippen LogP contribution in [-0.2, 0) is 0 Å². The minimum Gasteiger partial charge on any atom is -0.505 e. The number of carbonyl (C=O) groups is 2. The van der Waals surface area contributed by atoms with E-state index in [1.807, 2.05) is 25.1 Å². The Bertz CT molecular complexity index is 995. The number of carbonyl (C=O) groups excluding carboxylic acids is 1. The Kier molecular flexibility index (Phi) is 4.97. The first-order valence-electron chi connectivity index (χ1n) is 7.60. The summed E-state index contributed by atoms with van der Waals surface area (Å²) in [6, 6.07) is 13.5. The van der Waals surface area contributed by atoms with Crippen LogP contribution in [0.1, 0.15) is 31.2 Å². The van der Waals surface area contributed by atoms with Crippen LogP contribution in [-0.4, -0.2) is 22.0 Å². The smallest absolute Gasteiger partial charge is 0.342 e. The number of benzene rings is 2. The zero-order valence-corrected chi connectivity index (χ0v) is 15.2. The predicted molar refractivity (Wildman–Crippen MR) is 102 cm³/mol. The van der Waals surface area contributed by atoms with Crippen LogP contribution < -0.4 is 5.32 Å². The van der Waals surface area contributed by atoms with Crippen LogP contribution in [0.15, 0.2) is 48.5 Å². The maximum atomic E-state index is 12.7. The molecule has 0 aliphatic heterocycles. The van der Waals surface area contributed by atoms with E-state index in [0.29, 0.717) is 16.3 Å². The molecule has 0 aliphatic carbocycles. The molecule has 3 aromatic rings. The number of aromatic carboxylic acids is 1. The monoisotopic (exact) mass is 387 g/mol. The third-order valence-electron chi connectivity index (χ3n) is 3.69. The number of aromatic hydroxyl groups is 1. The van der Waals surface area contributed by atoms with Gasteiger partial charge in [-0.15, -0.1) is 11.3 Å². The van der Waals surface area contributed by atoms with Gasteiger partial charge in [0, 0.05) is 16.3 Å². The zero-order valence-electron chi connectivity index (χ0n) is 13.6. The number of rotatable bonds is 5. The number of nitrogens with one attached hydrogen (secondary N) is 1. The van der Waals surface area contributed by atoms with Gasteiger partial charge in [-0.3, -0.25) is 4.79 Å². The van der Waals surface area contributed by atoms with Crippen molar-refractivity contribution < 1.29 is 19.8 Å². The maximum Gasteiger partial charge on any atom is 0.342 e. The first-order valence-corrected chi connectivity index (χ1v) is 8.79. The molecular formula is C19H14ClNO4S. The fraction of sp³-hybridized carbons (Fsp3) is 0.0526. The van der Waals surface area contributed by atoms with Gasteiger partial charge in [-0.05, 0) is 48.9 Å². The van der Waals surface area contributed by atoms with Gasteiger partial charge in [0.15, 0.2) is 5.75 Å². The molecule has 0 saturated carbocycles. The van der Waals surface area contributed by atoms with Gasteiger partial charge in [-0.2, -0.15) is 0 Å². The molecule has 0 bridgehead atoms. The Hall–Kier alpha value is -2.83. The van der Waals surface area contributed by atoms with Gasteiger partial charge in [0.05, 0.1) is 0 Å². The Morgan fingerprint density at radius 1 is 1.12 bits per heavy atom. The van der Waals surface area contributed by atoms with Crippen molar-refractivity contribution in [2.45, 2.75) is 6.92 Å². The Morgan fingerprint density at radius 2 is 1.81 bits per heavy atom. The van der Waals surface area contributed by atoms with Crippen molar-refractivity contribution in [1.29, 1.82) is 0 Å². The molecule has 3 rings (SSSR count). The number of hydrogen-bond donors (Lipinski definition) is 3. The lowest BCUT2D eigenvalue weighted by Gasteiger charge is -2.05. The van der Waals surface area contributed by atoms with Crippen molar-refractivity contribution in [2.75, 3.05) is 5.32 Å². The highest BCUT2D eigenvalue weighted by Gasteiger charge is 2.27. The number of carboxylic acid groups (broad SMARTS) is 1. The lowest BCUT2D eigenvalue weighted by molar-refractivity contribution is 0.0695. The summed E-state index contributed by atoms with van der Waals surface area (Å²) < 4.78 is 0. The van der Waals surface area contributed by atoms with Gasteiger partial charge in [0.1, 0.15) is 15.4 Å². The maximum absolute atomic E-state index is 12.7. The summed E-state index contributed by atoms with van der Waals surface area (Å²) in [7, 11) is 0. The largest absolute Gasteiger partial charge is 0.505 e. The quantitative estimate of drug-likeness (QED) is 0.531. The molecule has 0 aliphatic rings. The van der Waals surface area contributed by atoms with E-state index in [1.165, 1.54) is 12.1 Å². The Morgan fingerprint density at radius 3 is 2.42 bits per heavy atom. The topological polar surface area (TPSA) is 86.6 Å². The Labute approximate surface area is 158 Å². The van der Waals surface area contributed by atoms with Crippen LogP contribution in [0.3, 0.4) is 0 Å².